The highest BCUT2D eigenvalue weighted by Crippen LogP contribution is 2.35. The van der Waals surface area contributed by atoms with Gasteiger partial charge in [-0.2, -0.15) is 0 Å². The molecule has 1 aromatic heterocycles. The number of H-pyrrole nitrogens is 1. The van der Waals surface area contributed by atoms with Crippen molar-refractivity contribution < 1.29 is 9.53 Å². The topological polar surface area (TPSA) is 54.1 Å². The van der Waals surface area contributed by atoms with E-state index in [1.807, 2.05) is 24.3 Å². The van der Waals surface area contributed by atoms with E-state index in [1.54, 1.807) is 13.2 Å². The van der Waals surface area contributed by atoms with Gasteiger partial charge in [-0.05, 0) is 43.0 Å². The number of carbonyl (C=O) groups is 1. The molecule has 1 heterocycles. The van der Waals surface area contributed by atoms with Crippen LogP contribution in [-0.2, 0) is 6.42 Å². The van der Waals surface area contributed by atoms with Gasteiger partial charge in [-0.25, -0.2) is 0 Å². The van der Waals surface area contributed by atoms with Gasteiger partial charge < -0.3 is 15.0 Å². The van der Waals surface area contributed by atoms with E-state index in [1.165, 1.54) is 10.9 Å². The van der Waals surface area contributed by atoms with Crippen molar-refractivity contribution in [3.63, 3.8) is 0 Å². The highest BCUT2D eigenvalue weighted by atomic mass is 16.5. The Labute approximate surface area is 140 Å². The summed E-state index contributed by atoms with van der Waals surface area (Å²) in [5.74, 6) is 0.506. The number of methoxy groups -OCH3 is 1. The van der Waals surface area contributed by atoms with E-state index in [0.29, 0.717) is 11.3 Å². The van der Waals surface area contributed by atoms with Crippen molar-refractivity contribution in [2.45, 2.75) is 25.3 Å². The summed E-state index contributed by atoms with van der Waals surface area (Å²) in [7, 11) is 1.59. The first-order chi connectivity index (χ1) is 11.8. The maximum Gasteiger partial charge on any atom is 0.255 e. The number of benzene rings is 2. The number of ether oxygens (including phenoxy) is 1. The molecular formula is C20H20N2O2. The lowest BCUT2D eigenvalue weighted by Gasteiger charge is -2.24. The predicted octanol–water partition coefficient (Wildman–Crippen LogP) is 3.98. The molecule has 0 fully saturated rings. The summed E-state index contributed by atoms with van der Waals surface area (Å²) >= 11 is 0. The summed E-state index contributed by atoms with van der Waals surface area (Å²) in [5.41, 5.74) is 4.19. The van der Waals surface area contributed by atoms with E-state index >= 15 is 0 Å². The Morgan fingerprint density at radius 2 is 1.96 bits per heavy atom. The molecule has 4 rings (SSSR count). The SMILES string of the molecule is COc1ccccc1C(=O)NC1CCCc2c1[nH]c1ccccc21. The zero-order valence-corrected chi connectivity index (χ0v) is 13.6. The monoisotopic (exact) mass is 320 g/mol. The Morgan fingerprint density at radius 3 is 2.83 bits per heavy atom. The highest BCUT2D eigenvalue weighted by molar-refractivity contribution is 5.97. The first-order valence-electron chi connectivity index (χ1n) is 8.31. The zero-order chi connectivity index (χ0) is 16.5. The summed E-state index contributed by atoms with van der Waals surface area (Å²) < 4.78 is 5.30. The molecule has 0 aliphatic heterocycles. The van der Waals surface area contributed by atoms with Gasteiger partial charge in [-0.1, -0.05) is 30.3 Å². The molecule has 122 valence electrons. The molecule has 4 nitrogen and oxygen atoms in total. The molecule has 1 aliphatic carbocycles. The smallest absolute Gasteiger partial charge is 0.255 e. The Balaban J connectivity index is 1.66. The first-order valence-corrected chi connectivity index (χ1v) is 8.31. The second-order valence-electron chi connectivity index (χ2n) is 6.18. The van der Waals surface area contributed by atoms with Crippen molar-refractivity contribution in [3.8, 4) is 5.75 Å². The van der Waals surface area contributed by atoms with Crippen LogP contribution in [0.1, 0.15) is 40.5 Å². The molecule has 2 aromatic carbocycles. The first kappa shape index (κ1) is 14.8. The highest BCUT2D eigenvalue weighted by Gasteiger charge is 2.26. The molecule has 4 heteroatoms. The van der Waals surface area contributed by atoms with E-state index in [4.69, 9.17) is 4.74 Å². The number of carbonyl (C=O) groups excluding carboxylic acids is 1. The molecule has 0 saturated heterocycles. The van der Waals surface area contributed by atoms with Gasteiger partial charge in [-0.3, -0.25) is 4.79 Å². The van der Waals surface area contributed by atoms with Crippen molar-refractivity contribution >= 4 is 16.8 Å². The quantitative estimate of drug-likeness (QED) is 0.767. The summed E-state index contributed by atoms with van der Waals surface area (Å²) in [5, 5.41) is 4.44. The van der Waals surface area contributed by atoms with E-state index in [2.05, 4.69) is 28.5 Å². The van der Waals surface area contributed by atoms with E-state index in [9.17, 15) is 4.79 Å². The Morgan fingerprint density at radius 1 is 1.17 bits per heavy atom. The normalized spacial score (nSPS) is 16.6. The molecule has 1 unspecified atom stereocenters. The summed E-state index contributed by atoms with van der Waals surface area (Å²) in [6, 6.07) is 15.7. The van der Waals surface area contributed by atoms with Crippen LogP contribution in [-0.4, -0.2) is 18.0 Å². The average molecular weight is 320 g/mol. The van der Waals surface area contributed by atoms with Crippen LogP contribution < -0.4 is 10.1 Å². The van der Waals surface area contributed by atoms with Gasteiger partial charge in [-0.15, -0.1) is 0 Å². The fourth-order valence-electron chi connectivity index (χ4n) is 3.63. The Kier molecular flexibility index (Phi) is 3.73. The maximum absolute atomic E-state index is 12.7. The van der Waals surface area contributed by atoms with Crippen LogP contribution in [0, 0.1) is 0 Å². The van der Waals surface area contributed by atoms with Gasteiger partial charge in [0.15, 0.2) is 0 Å². The van der Waals surface area contributed by atoms with Gasteiger partial charge in [0.05, 0.1) is 18.7 Å². The molecule has 0 bridgehead atoms. The van der Waals surface area contributed by atoms with Crippen LogP contribution in [0.4, 0.5) is 0 Å². The molecule has 2 N–H and O–H groups in total. The third-order valence-electron chi connectivity index (χ3n) is 4.77. The summed E-state index contributed by atoms with van der Waals surface area (Å²) in [6.45, 7) is 0. The molecule has 0 saturated carbocycles. The molecule has 0 spiro atoms. The van der Waals surface area contributed by atoms with Gasteiger partial charge in [0.1, 0.15) is 5.75 Å². The lowest BCUT2D eigenvalue weighted by Crippen LogP contribution is -2.31. The minimum atomic E-state index is -0.0936. The summed E-state index contributed by atoms with van der Waals surface area (Å²) in [4.78, 5) is 16.2. The number of aryl methyl sites for hydroxylation is 1. The van der Waals surface area contributed by atoms with Crippen molar-refractivity contribution in [2.75, 3.05) is 7.11 Å². The molecule has 1 aliphatic rings. The fourth-order valence-corrected chi connectivity index (χ4v) is 3.63. The van der Waals surface area contributed by atoms with Crippen LogP contribution >= 0.6 is 0 Å². The Hall–Kier alpha value is -2.75. The third kappa shape index (κ3) is 2.44. The largest absolute Gasteiger partial charge is 0.496 e. The van der Waals surface area contributed by atoms with Gasteiger partial charge in [0.25, 0.3) is 5.91 Å². The van der Waals surface area contributed by atoms with Crippen molar-refractivity contribution in [3.05, 3.63) is 65.4 Å². The molecule has 1 atom stereocenters. The van der Waals surface area contributed by atoms with Gasteiger partial charge in [0, 0.05) is 16.6 Å². The fraction of sp³-hybridized carbons (Fsp3) is 0.250. The number of amides is 1. The number of fused-ring (bicyclic) bond motifs is 3. The maximum atomic E-state index is 12.7. The van der Waals surface area contributed by atoms with Crippen LogP contribution in [0.2, 0.25) is 0 Å². The summed E-state index contributed by atoms with van der Waals surface area (Å²) in [6.07, 6.45) is 3.08. The van der Waals surface area contributed by atoms with Crippen LogP contribution in [0.15, 0.2) is 48.5 Å². The lowest BCUT2D eigenvalue weighted by atomic mass is 9.91. The molecule has 0 radical (unpaired) electrons. The molecule has 24 heavy (non-hydrogen) atoms. The number of rotatable bonds is 3. The van der Waals surface area contributed by atoms with E-state index in [0.717, 1.165) is 30.5 Å². The van der Waals surface area contributed by atoms with Crippen molar-refractivity contribution in [1.29, 1.82) is 0 Å². The lowest BCUT2D eigenvalue weighted by molar-refractivity contribution is 0.0929. The molecular weight excluding hydrogens is 300 g/mol. The van der Waals surface area contributed by atoms with Crippen molar-refractivity contribution in [2.24, 2.45) is 0 Å². The average Bonchev–Trinajstić information content (AvgIpc) is 3.01. The number of hydrogen-bond donors (Lipinski definition) is 2. The number of para-hydroxylation sites is 2. The van der Waals surface area contributed by atoms with E-state index < -0.39 is 0 Å². The van der Waals surface area contributed by atoms with Crippen molar-refractivity contribution in [1.82, 2.24) is 10.3 Å². The number of hydrogen-bond acceptors (Lipinski definition) is 2. The predicted molar refractivity (Wildman–Crippen MR) is 94.4 cm³/mol. The minimum Gasteiger partial charge on any atom is -0.496 e. The van der Waals surface area contributed by atoms with E-state index in [-0.39, 0.29) is 11.9 Å². The number of aromatic nitrogens is 1. The van der Waals surface area contributed by atoms with Crippen LogP contribution in [0.25, 0.3) is 10.9 Å². The molecule has 1 amide bonds. The standard InChI is InChI=1S/C20H20N2O2/c1-24-18-12-5-3-8-15(18)20(23)22-17-11-6-9-14-13-7-2-4-10-16(13)21-19(14)17/h2-5,7-8,10,12,17,21H,6,9,11H2,1H3,(H,22,23). The Bertz CT molecular complexity index is 898. The zero-order valence-electron chi connectivity index (χ0n) is 13.6. The second-order valence-corrected chi connectivity index (χ2v) is 6.18. The van der Waals surface area contributed by atoms with Crippen LogP contribution in [0.3, 0.4) is 0 Å². The van der Waals surface area contributed by atoms with Gasteiger partial charge >= 0.3 is 0 Å². The molecule has 3 aromatic rings. The third-order valence-corrected chi connectivity index (χ3v) is 4.77. The second kappa shape index (κ2) is 6.04. The number of aromatic amines is 1. The van der Waals surface area contributed by atoms with Crippen LogP contribution in [0.5, 0.6) is 5.75 Å². The van der Waals surface area contributed by atoms with Gasteiger partial charge in [0.2, 0.25) is 0 Å². The minimum absolute atomic E-state index is 0.0126. The number of nitrogens with one attached hydrogen (secondary N) is 2.